The van der Waals surface area contributed by atoms with Gasteiger partial charge >= 0.3 is 0 Å². The van der Waals surface area contributed by atoms with Gasteiger partial charge in [0.25, 0.3) is 0 Å². The van der Waals surface area contributed by atoms with Crippen molar-refractivity contribution in [2.24, 2.45) is 5.92 Å². The van der Waals surface area contributed by atoms with Gasteiger partial charge in [-0.2, -0.15) is 0 Å². The second-order valence-electron chi connectivity index (χ2n) is 6.32. The van der Waals surface area contributed by atoms with Gasteiger partial charge < -0.3 is 10.6 Å². The molecule has 1 saturated carbocycles. The summed E-state index contributed by atoms with van der Waals surface area (Å²) in [5.41, 5.74) is 1.24. The molecule has 0 aromatic heterocycles. The molecule has 122 valence electrons. The lowest BCUT2D eigenvalue weighted by Crippen LogP contribution is -2.53. The predicted octanol–water partition coefficient (Wildman–Crippen LogP) is 1.97. The Morgan fingerprint density at radius 2 is 2.09 bits per heavy atom. The molecule has 1 heterocycles. The van der Waals surface area contributed by atoms with Gasteiger partial charge in [-0.15, -0.1) is 12.4 Å². The summed E-state index contributed by atoms with van der Waals surface area (Å²) in [6.45, 7) is 5.59. The first-order valence-electron chi connectivity index (χ1n) is 8.03. The number of hydrogen-bond donors (Lipinski definition) is 2. The summed E-state index contributed by atoms with van der Waals surface area (Å²) >= 11 is 0. The van der Waals surface area contributed by atoms with E-state index in [0.29, 0.717) is 18.5 Å². The molecule has 1 unspecified atom stereocenters. The van der Waals surface area contributed by atoms with Crippen molar-refractivity contribution in [3.05, 3.63) is 35.9 Å². The minimum atomic E-state index is 0. The molecule has 4 nitrogen and oxygen atoms in total. The Hall–Kier alpha value is -1.10. The van der Waals surface area contributed by atoms with Crippen molar-refractivity contribution in [1.82, 2.24) is 15.5 Å². The van der Waals surface area contributed by atoms with E-state index in [0.717, 1.165) is 19.6 Å². The molecular formula is C17H26ClN3O. The van der Waals surface area contributed by atoms with Crippen molar-refractivity contribution < 1.29 is 4.79 Å². The zero-order valence-corrected chi connectivity index (χ0v) is 13.9. The van der Waals surface area contributed by atoms with Crippen molar-refractivity contribution >= 4 is 18.3 Å². The first-order chi connectivity index (χ1) is 10.2. The number of halogens is 1. The zero-order chi connectivity index (χ0) is 14.7. The summed E-state index contributed by atoms with van der Waals surface area (Å²) in [5, 5.41) is 6.62. The summed E-state index contributed by atoms with van der Waals surface area (Å²) in [4.78, 5) is 14.7. The summed E-state index contributed by atoms with van der Waals surface area (Å²) in [5.74, 6) is 0.779. The average Bonchev–Trinajstić information content (AvgIpc) is 3.33. The number of hydrogen-bond acceptors (Lipinski definition) is 3. The van der Waals surface area contributed by atoms with Crippen molar-refractivity contribution in [2.75, 3.05) is 26.2 Å². The summed E-state index contributed by atoms with van der Waals surface area (Å²) < 4.78 is 0. The maximum atomic E-state index is 12.4. The minimum absolute atomic E-state index is 0. The second-order valence-corrected chi connectivity index (χ2v) is 6.32. The Morgan fingerprint density at radius 3 is 2.73 bits per heavy atom. The summed E-state index contributed by atoms with van der Waals surface area (Å²) in [6, 6.07) is 11.0. The van der Waals surface area contributed by atoms with E-state index in [1.807, 2.05) is 6.07 Å². The molecule has 5 heteroatoms. The molecule has 3 rings (SSSR count). The Bertz CT molecular complexity index is 478. The molecule has 2 atom stereocenters. The van der Waals surface area contributed by atoms with Gasteiger partial charge in [0.1, 0.15) is 0 Å². The highest BCUT2D eigenvalue weighted by molar-refractivity contribution is 5.85. The van der Waals surface area contributed by atoms with Crippen LogP contribution in [0.3, 0.4) is 0 Å². The first-order valence-corrected chi connectivity index (χ1v) is 8.03. The zero-order valence-electron chi connectivity index (χ0n) is 13.1. The molecule has 1 saturated heterocycles. The molecule has 2 fully saturated rings. The number of carbonyl (C=O) groups is 1. The van der Waals surface area contributed by atoms with Crippen LogP contribution in [0.2, 0.25) is 0 Å². The molecular weight excluding hydrogens is 298 g/mol. The number of carbonyl (C=O) groups excluding carboxylic acids is 1. The summed E-state index contributed by atoms with van der Waals surface area (Å²) in [6.07, 6.45) is 2.45. The quantitative estimate of drug-likeness (QED) is 0.871. The van der Waals surface area contributed by atoms with Crippen LogP contribution >= 0.6 is 12.4 Å². The van der Waals surface area contributed by atoms with E-state index in [1.165, 1.54) is 18.4 Å². The van der Waals surface area contributed by atoms with Gasteiger partial charge in [-0.1, -0.05) is 30.3 Å². The molecule has 1 aromatic carbocycles. The van der Waals surface area contributed by atoms with Crippen LogP contribution in [0.1, 0.15) is 31.4 Å². The fourth-order valence-electron chi connectivity index (χ4n) is 3.08. The highest BCUT2D eigenvalue weighted by atomic mass is 35.5. The molecule has 2 aliphatic rings. The number of benzene rings is 1. The van der Waals surface area contributed by atoms with Gasteiger partial charge in [-0.3, -0.25) is 9.69 Å². The van der Waals surface area contributed by atoms with E-state index in [-0.39, 0.29) is 24.4 Å². The van der Waals surface area contributed by atoms with Crippen molar-refractivity contribution in [3.63, 3.8) is 0 Å². The highest BCUT2D eigenvalue weighted by Crippen LogP contribution is 2.40. The minimum Gasteiger partial charge on any atom is -0.348 e. The van der Waals surface area contributed by atoms with Gasteiger partial charge in [-0.25, -0.2) is 0 Å². The number of amides is 1. The highest BCUT2D eigenvalue weighted by Gasteiger charge is 2.33. The molecule has 1 aromatic rings. The van der Waals surface area contributed by atoms with Gasteiger partial charge in [0.2, 0.25) is 5.91 Å². The predicted molar refractivity (Wildman–Crippen MR) is 91.2 cm³/mol. The molecule has 1 amide bonds. The van der Waals surface area contributed by atoms with Crippen LogP contribution in [0.4, 0.5) is 0 Å². The van der Waals surface area contributed by atoms with Crippen LogP contribution in [-0.4, -0.2) is 43.0 Å². The van der Waals surface area contributed by atoms with E-state index < -0.39 is 0 Å². The summed E-state index contributed by atoms with van der Waals surface area (Å²) in [7, 11) is 0. The Labute approximate surface area is 139 Å². The molecule has 0 bridgehead atoms. The third-order valence-electron chi connectivity index (χ3n) is 4.55. The van der Waals surface area contributed by atoms with Gasteiger partial charge in [0.05, 0.1) is 12.6 Å². The Kier molecular flexibility index (Phi) is 6.24. The van der Waals surface area contributed by atoms with Crippen molar-refractivity contribution in [2.45, 2.75) is 31.8 Å². The maximum absolute atomic E-state index is 12.4. The molecule has 2 N–H and O–H groups in total. The Balaban J connectivity index is 0.00000176. The molecule has 22 heavy (non-hydrogen) atoms. The number of piperazine rings is 1. The maximum Gasteiger partial charge on any atom is 0.234 e. The monoisotopic (exact) mass is 323 g/mol. The van der Waals surface area contributed by atoms with Crippen LogP contribution in [-0.2, 0) is 4.79 Å². The van der Waals surface area contributed by atoms with E-state index in [9.17, 15) is 4.79 Å². The largest absolute Gasteiger partial charge is 0.348 e. The lowest BCUT2D eigenvalue weighted by atomic mass is 10.0. The standard InChI is InChI=1S/C17H25N3O.ClH/c1-13-11-18-9-10-20(13)12-16(21)19-17(15-7-8-15)14-5-3-2-4-6-14;/h2-6,13,15,17-18H,7-12H2,1H3,(H,19,21);1H/t13-,17?;/m0./s1. The fraction of sp³-hybridized carbons (Fsp3) is 0.588. The average molecular weight is 324 g/mol. The molecule has 0 spiro atoms. The number of nitrogens with one attached hydrogen (secondary N) is 2. The second kappa shape index (κ2) is 7.95. The normalized spacial score (nSPS) is 23.4. The van der Waals surface area contributed by atoms with Crippen LogP contribution in [0.15, 0.2) is 30.3 Å². The number of rotatable bonds is 5. The smallest absolute Gasteiger partial charge is 0.234 e. The van der Waals surface area contributed by atoms with E-state index in [4.69, 9.17) is 0 Å². The van der Waals surface area contributed by atoms with E-state index in [1.54, 1.807) is 0 Å². The fourth-order valence-corrected chi connectivity index (χ4v) is 3.08. The van der Waals surface area contributed by atoms with Crippen LogP contribution in [0, 0.1) is 5.92 Å². The van der Waals surface area contributed by atoms with Crippen molar-refractivity contribution in [1.29, 1.82) is 0 Å². The third kappa shape index (κ3) is 4.45. The number of nitrogens with zero attached hydrogens (tertiary/aromatic N) is 1. The lowest BCUT2D eigenvalue weighted by molar-refractivity contribution is -0.123. The molecule has 0 radical (unpaired) electrons. The van der Waals surface area contributed by atoms with E-state index >= 15 is 0 Å². The lowest BCUT2D eigenvalue weighted by Gasteiger charge is -2.33. The van der Waals surface area contributed by atoms with E-state index in [2.05, 4.69) is 46.7 Å². The van der Waals surface area contributed by atoms with Crippen LogP contribution < -0.4 is 10.6 Å². The van der Waals surface area contributed by atoms with Crippen LogP contribution in [0.25, 0.3) is 0 Å². The van der Waals surface area contributed by atoms with Crippen LogP contribution in [0.5, 0.6) is 0 Å². The van der Waals surface area contributed by atoms with Crippen molar-refractivity contribution in [3.8, 4) is 0 Å². The third-order valence-corrected chi connectivity index (χ3v) is 4.55. The Morgan fingerprint density at radius 1 is 1.36 bits per heavy atom. The van der Waals surface area contributed by atoms with Gasteiger partial charge in [0, 0.05) is 25.7 Å². The van der Waals surface area contributed by atoms with Gasteiger partial charge in [-0.05, 0) is 31.2 Å². The molecule has 1 aliphatic carbocycles. The topological polar surface area (TPSA) is 44.4 Å². The first kappa shape index (κ1) is 17.3. The van der Waals surface area contributed by atoms with Gasteiger partial charge in [0.15, 0.2) is 0 Å². The molecule has 1 aliphatic heterocycles. The SMILES string of the molecule is C[C@H]1CNCCN1CC(=O)NC(c1ccccc1)C1CC1.Cl.